The first kappa shape index (κ1) is 10.6. The van der Waals surface area contributed by atoms with Crippen molar-refractivity contribution < 1.29 is 4.79 Å². The zero-order valence-corrected chi connectivity index (χ0v) is 8.61. The van der Waals surface area contributed by atoms with Crippen molar-refractivity contribution in [2.45, 2.75) is 18.7 Å². The van der Waals surface area contributed by atoms with E-state index < -0.39 is 0 Å². The zero-order valence-electron chi connectivity index (χ0n) is 7.09. The van der Waals surface area contributed by atoms with Crippen molar-refractivity contribution in [3.05, 3.63) is 35.4 Å². The normalized spacial score (nSPS) is 10.0. The molecule has 0 amide bonds. The van der Waals surface area contributed by atoms with Gasteiger partial charge in [0.25, 0.3) is 0 Å². The summed E-state index contributed by atoms with van der Waals surface area (Å²) in [5.74, 6) is 0.479. The topological polar surface area (TPSA) is 17.1 Å². The van der Waals surface area contributed by atoms with Gasteiger partial charge in [-0.3, -0.25) is 4.79 Å². The van der Waals surface area contributed by atoms with Gasteiger partial charge in [0.1, 0.15) is 0 Å². The van der Waals surface area contributed by atoms with Gasteiger partial charge < -0.3 is 0 Å². The molecule has 0 aliphatic rings. The van der Waals surface area contributed by atoms with E-state index in [0.29, 0.717) is 18.7 Å². The number of rotatable bonds is 4. The summed E-state index contributed by atoms with van der Waals surface area (Å²) < 4.78 is 0. The second-order valence-corrected chi connectivity index (χ2v) is 3.45. The number of hydrogen-bond acceptors (Lipinski definition) is 1. The molecule has 0 bridgehead atoms. The Morgan fingerprint density at radius 2 is 1.85 bits per heavy atom. The van der Waals surface area contributed by atoms with E-state index in [1.54, 1.807) is 0 Å². The van der Waals surface area contributed by atoms with Gasteiger partial charge in [0.2, 0.25) is 5.24 Å². The fourth-order valence-corrected chi connectivity index (χ4v) is 1.52. The van der Waals surface area contributed by atoms with Gasteiger partial charge in [0.05, 0.1) is 0 Å². The molecule has 70 valence electrons. The van der Waals surface area contributed by atoms with Gasteiger partial charge in [-0.2, -0.15) is 0 Å². The molecule has 3 heteroatoms. The number of carbonyl (C=O) groups excluding carboxylic acids is 1. The number of hydrogen-bond donors (Lipinski definition) is 0. The Labute approximate surface area is 87.7 Å². The molecule has 0 saturated heterocycles. The van der Waals surface area contributed by atoms with Crippen LogP contribution in [-0.4, -0.2) is 5.24 Å². The molecule has 1 rings (SSSR count). The third-order valence-corrected chi connectivity index (χ3v) is 2.33. The highest BCUT2D eigenvalue weighted by atomic mass is 35.5. The molecule has 0 spiro atoms. The lowest BCUT2D eigenvalue weighted by Gasteiger charge is -2.04. The summed E-state index contributed by atoms with van der Waals surface area (Å²) in [5.41, 5.74) is 2.17. The Morgan fingerprint density at radius 1 is 1.23 bits per heavy atom. The molecule has 0 fully saturated rings. The first-order valence-corrected chi connectivity index (χ1v) is 4.96. The fraction of sp³-hybridized carbons (Fsp3) is 0.300. The highest BCUT2D eigenvalue weighted by molar-refractivity contribution is 6.63. The van der Waals surface area contributed by atoms with Crippen molar-refractivity contribution in [1.29, 1.82) is 0 Å². The third kappa shape index (κ3) is 3.37. The van der Waals surface area contributed by atoms with Gasteiger partial charge >= 0.3 is 0 Å². The molecular weight excluding hydrogens is 207 g/mol. The van der Waals surface area contributed by atoms with Crippen molar-refractivity contribution in [1.82, 2.24) is 0 Å². The molecule has 1 aromatic rings. The fourth-order valence-electron chi connectivity index (χ4n) is 1.16. The summed E-state index contributed by atoms with van der Waals surface area (Å²) in [6, 6.07) is 7.80. The molecule has 1 nitrogen and oxygen atoms in total. The summed E-state index contributed by atoms with van der Waals surface area (Å²) in [7, 11) is 0. The maximum Gasteiger partial charge on any atom is 0.221 e. The number of carbonyl (C=O) groups is 1. The molecule has 0 aliphatic carbocycles. The summed E-state index contributed by atoms with van der Waals surface area (Å²) in [6.07, 6.45) is 1.04. The molecule has 0 aromatic heterocycles. The number of halogens is 2. The average molecular weight is 217 g/mol. The lowest BCUT2D eigenvalue weighted by atomic mass is 10.0. The van der Waals surface area contributed by atoms with Crippen molar-refractivity contribution in [3.63, 3.8) is 0 Å². The van der Waals surface area contributed by atoms with Crippen LogP contribution < -0.4 is 0 Å². The molecule has 0 saturated carbocycles. The molecule has 0 atom stereocenters. The van der Waals surface area contributed by atoms with Crippen LogP contribution in [0, 0.1) is 0 Å². The summed E-state index contributed by atoms with van der Waals surface area (Å²) in [5, 5.41) is -0.302. The van der Waals surface area contributed by atoms with Crippen LogP contribution in [0.5, 0.6) is 0 Å². The Kier molecular flexibility index (Phi) is 4.26. The maximum atomic E-state index is 10.5. The van der Waals surface area contributed by atoms with E-state index in [2.05, 4.69) is 0 Å². The van der Waals surface area contributed by atoms with Crippen LogP contribution in [0.25, 0.3) is 0 Å². The zero-order chi connectivity index (χ0) is 9.68. The van der Waals surface area contributed by atoms with E-state index in [-0.39, 0.29) is 5.24 Å². The van der Waals surface area contributed by atoms with Gasteiger partial charge in [0.15, 0.2) is 0 Å². The molecule has 0 aliphatic heterocycles. The van der Waals surface area contributed by atoms with Crippen molar-refractivity contribution in [3.8, 4) is 0 Å². The van der Waals surface area contributed by atoms with Crippen LogP contribution in [0.3, 0.4) is 0 Å². The number of alkyl halides is 1. The standard InChI is InChI=1S/C10H10Cl2O/c11-7-9-4-2-1-3-8(9)5-6-10(12)13/h1-4H,5-7H2. The quantitative estimate of drug-likeness (QED) is 0.559. The van der Waals surface area contributed by atoms with Crippen LogP contribution in [0.2, 0.25) is 0 Å². The second kappa shape index (κ2) is 5.25. The smallest absolute Gasteiger partial charge is 0.221 e. The maximum absolute atomic E-state index is 10.5. The Hall–Kier alpha value is -0.530. The number of benzene rings is 1. The van der Waals surface area contributed by atoms with Crippen molar-refractivity contribution in [2.24, 2.45) is 0 Å². The molecule has 13 heavy (non-hydrogen) atoms. The van der Waals surface area contributed by atoms with Gasteiger partial charge in [-0.15, -0.1) is 11.6 Å². The molecule has 0 N–H and O–H groups in total. The average Bonchev–Trinajstić information content (AvgIpc) is 2.15. The van der Waals surface area contributed by atoms with Crippen LogP contribution in [0.1, 0.15) is 17.5 Å². The van der Waals surface area contributed by atoms with Gasteiger partial charge in [0, 0.05) is 12.3 Å². The van der Waals surface area contributed by atoms with Gasteiger partial charge in [-0.1, -0.05) is 24.3 Å². The lowest BCUT2D eigenvalue weighted by molar-refractivity contribution is -0.111. The first-order valence-electron chi connectivity index (χ1n) is 4.05. The first-order chi connectivity index (χ1) is 6.24. The molecule has 0 radical (unpaired) electrons. The number of aryl methyl sites for hydroxylation is 1. The van der Waals surface area contributed by atoms with E-state index in [4.69, 9.17) is 23.2 Å². The Balaban J connectivity index is 2.69. The summed E-state index contributed by atoms with van der Waals surface area (Å²) in [4.78, 5) is 10.5. The molecular formula is C10H10Cl2O. The minimum Gasteiger partial charge on any atom is -0.281 e. The van der Waals surface area contributed by atoms with Crippen LogP contribution in [0.15, 0.2) is 24.3 Å². The lowest BCUT2D eigenvalue weighted by Crippen LogP contribution is -1.95. The molecule has 0 heterocycles. The summed E-state index contributed by atoms with van der Waals surface area (Å²) >= 11 is 11.0. The van der Waals surface area contributed by atoms with E-state index in [1.807, 2.05) is 24.3 Å². The SMILES string of the molecule is O=C(Cl)CCc1ccccc1CCl. The van der Waals surface area contributed by atoms with Crippen LogP contribution in [-0.2, 0) is 17.1 Å². The molecule has 1 aromatic carbocycles. The highest BCUT2D eigenvalue weighted by Gasteiger charge is 2.02. The van der Waals surface area contributed by atoms with Crippen LogP contribution in [0.4, 0.5) is 0 Å². The van der Waals surface area contributed by atoms with E-state index >= 15 is 0 Å². The van der Waals surface area contributed by atoms with Crippen molar-refractivity contribution in [2.75, 3.05) is 0 Å². The monoisotopic (exact) mass is 216 g/mol. The minimum absolute atomic E-state index is 0.302. The van der Waals surface area contributed by atoms with Gasteiger partial charge in [-0.25, -0.2) is 0 Å². The minimum atomic E-state index is -0.302. The van der Waals surface area contributed by atoms with E-state index in [0.717, 1.165) is 11.1 Å². The predicted octanol–water partition coefficient (Wildman–Crippen LogP) is 3.12. The summed E-state index contributed by atoms with van der Waals surface area (Å²) in [6.45, 7) is 0. The van der Waals surface area contributed by atoms with E-state index in [9.17, 15) is 4.79 Å². The predicted molar refractivity (Wildman–Crippen MR) is 55.2 cm³/mol. The van der Waals surface area contributed by atoms with Gasteiger partial charge in [-0.05, 0) is 29.1 Å². The van der Waals surface area contributed by atoms with Crippen LogP contribution >= 0.6 is 23.2 Å². The Morgan fingerprint density at radius 3 is 2.38 bits per heavy atom. The van der Waals surface area contributed by atoms with E-state index in [1.165, 1.54) is 0 Å². The molecule has 0 unspecified atom stereocenters. The highest BCUT2D eigenvalue weighted by Crippen LogP contribution is 2.13. The second-order valence-electron chi connectivity index (χ2n) is 2.76. The largest absolute Gasteiger partial charge is 0.281 e. The Bertz CT molecular complexity index is 297. The van der Waals surface area contributed by atoms with Crippen molar-refractivity contribution >= 4 is 28.4 Å². The third-order valence-electron chi connectivity index (χ3n) is 1.85.